The Morgan fingerprint density at radius 2 is 1.76 bits per heavy atom. The fourth-order valence-electron chi connectivity index (χ4n) is 10.1. The summed E-state index contributed by atoms with van der Waals surface area (Å²) in [6.07, 6.45) is 5.79. The second-order valence-electron chi connectivity index (χ2n) is 18.4. The van der Waals surface area contributed by atoms with E-state index in [2.05, 4.69) is 20.1 Å². The molecule has 68 heavy (non-hydrogen) atoms. The second kappa shape index (κ2) is 17.7. The fourth-order valence-corrected chi connectivity index (χ4v) is 11.0. The van der Waals surface area contributed by atoms with Crippen LogP contribution in [0, 0.1) is 28.4 Å². The summed E-state index contributed by atoms with van der Waals surface area (Å²) in [6, 6.07) is 10.6. The van der Waals surface area contributed by atoms with E-state index in [1.54, 1.807) is 40.3 Å². The molecule has 4 amide bonds. The van der Waals surface area contributed by atoms with Crippen LogP contribution in [0.2, 0.25) is 0 Å². The minimum Gasteiger partial charge on any atom is -0.453 e. The number of carbonyl (C=O) groups is 3. The zero-order valence-corrected chi connectivity index (χ0v) is 38.6. The molecule has 1 saturated carbocycles. The molecular weight excluding hydrogens is 905 g/mol. The topological polar surface area (TPSA) is 228 Å². The number of nitrogens with zero attached hydrogens (tertiary/aromatic N) is 9. The third-order valence-corrected chi connectivity index (χ3v) is 15.8. The molecule has 0 bridgehead atoms. The van der Waals surface area contributed by atoms with Gasteiger partial charge in [-0.15, -0.1) is 0 Å². The predicted octanol–water partition coefficient (Wildman–Crippen LogP) is 5.04. The number of benzene rings is 3. The molecule has 19 nitrogen and oxygen atoms in total. The van der Waals surface area contributed by atoms with Gasteiger partial charge in [0.05, 0.1) is 46.1 Å². The first kappa shape index (κ1) is 46.4. The van der Waals surface area contributed by atoms with Crippen molar-refractivity contribution in [3.63, 3.8) is 0 Å². The number of amides is 4. The lowest BCUT2D eigenvalue weighted by Gasteiger charge is -2.42. The number of nitrogens with one attached hydrogen (secondary N) is 2. The normalized spacial score (nSPS) is 19.5. The molecule has 22 heteroatoms. The standard InChI is InChI=1S/C46H51F2N11O8S/c1-4-54(2)68(65,66)53-36-8-6-33(47)41(32(36)26-49)67-29-5-7-35-30(21-29)43(62)59(27-50-35)28-9-11-45(24-28)12-17-57(18-13-45)40(61)25-46(64)14-19-56(20-15-46)38-23-37-31(22-34(38)48)42(52-55(37)3)58-16-10-39(60)51-44(58)63/h5-8,21-23,27-28,53,64H,4,9-20,24-25H2,1-3H3,(H,51,60,63). The Morgan fingerprint density at radius 1 is 1.01 bits per heavy atom. The van der Waals surface area contributed by atoms with Crippen molar-refractivity contribution in [1.82, 2.24) is 33.9 Å². The van der Waals surface area contributed by atoms with Crippen molar-refractivity contribution >= 4 is 67.1 Å². The minimum atomic E-state index is -4.04. The predicted molar refractivity (Wildman–Crippen MR) is 246 cm³/mol. The Labute approximate surface area is 390 Å². The van der Waals surface area contributed by atoms with Crippen molar-refractivity contribution in [2.24, 2.45) is 12.5 Å². The van der Waals surface area contributed by atoms with Crippen LogP contribution >= 0.6 is 0 Å². The van der Waals surface area contributed by atoms with Crippen LogP contribution in [0.3, 0.4) is 0 Å². The monoisotopic (exact) mass is 955 g/mol. The zero-order valence-electron chi connectivity index (χ0n) is 37.8. The number of aliphatic hydroxyl groups is 1. The maximum Gasteiger partial charge on any atom is 0.329 e. The Kier molecular flexibility index (Phi) is 12.1. The lowest BCUT2D eigenvalue weighted by atomic mass is 9.76. The van der Waals surface area contributed by atoms with Gasteiger partial charge in [-0.3, -0.25) is 38.6 Å². The van der Waals surface area contributed by atoms with E-state index in [1.807, 2.05) is 11.0 Å². The number of aryl methyl sites for hydroxylation is 1. The SMILES string of the molecule is CCN(C)S(=O)(=O)Nc1ccc(F)c(Oc2ccc3ncn(C4CCC5(CCN(C(=O)CC6(O)CCN(c7cc8c(cc7F)c(N7CCC(=O)NC7=O)nn8C)CC6)CC5)C4)c(=O)c3c2)c1C#N. The van der Waals surface area contributed by atoms with E-state index in [0.717, 1.165) is 35.7 Å². The van der Waals surface area contributed by atoms with Gasteiger partial charge in [0.2, 0.25) is 11.8 Å². The lowest BCUT2D eigenvalue weighted by molar-refractivity contribution is -0.139. The molecule has 1 aliphatic carbocycles. The highest BCUT2D eigenvalue weighted by molar-refractivity contribution is 7.90. The number of imide groups is 1. The van der Waals surface area contributed by atoms with Gasteiger partial charge in [0.1, 0.15) is 23.2 Å². The number of piperidine rings is 2. The number of fused-ring (bicyclic) bond motifs is 2. The summed E-state index contributed by atoms with van der Waals surface area (Å²) in [5, 5.41) is 28.9. The maximum absolute atomic E-state index is 15.7. The Balaban J connectivity index is 0.813. The third-order valence-electron chi connectivity index (χ3n) is 14.3. The van der Waals surface area contributed by atoms with Crippen LogP contribution in [-0.4, -0.2) is 112 Å². The summed E-state index contributed by atoms with van der Waals surface area (Å²) < 4.78 is 68.6. The average Bonchev–Trinajstić information content (AvgIpc) is 3.86. The van der Waals surface area contributed by atoms with E-state index in [0.29, 0.717) is 61.1 Å². The number of anilines is 3. The van der Waals surface area contributed by atoms with Crippen molar-refractivity contribution < 1.29 is 41.4 Å². The zero-order chi connectivity index (χ0) is 48.3. The molecule has 5 heterocycles. The highest BCUT2D eigenvalue weighted by atomic mass is 32.2. The highest BCUT2D eigenvalue weighted by Gasteiger charge is 2.44. The molecular formula is C46H51F2N11O8S. The molecule has 1 atom stereocenters. The average molecular weight is 956 g/mol. The van der Waals surface area contributed by atoms with E-state index < -0.39 is 39.2 Å². The van der Waals surface area contributed by atoms with Gasteiger partial charge in [-0.05, 0) is 92.8 Å². The van der Waals surface area contributed by atoms with Gasteiger partial charge in [-0.25, -0.2) is 18.6 Å². The van der Waals surface area contributed by atoms with E-state index >= 15 is 8.78 Å². The van der Waals surface area contributed by atoms with Crippen LogP contribution in [-0.2, 0) is 26.8 Å². The number of likely N-dealkylation sites (tertiary alicyclic amines) is 1. The van der Waals surface area contributed by atoms with E-state index in [9.17, 15) is 38.0 Å². The minimum absolute atomic E-state index is 0.0454. The van der Waals surface area contributed by atoms with Gasteiger partial charge in [0, 0.05) is 71.2 Å². The number of carbonyl (C=O) groups excluding carboxylic acids is 3. The van der Waals surface area contributed by atoms with Gasteiger partial charge in [-0.1, -0.05) is 6.92 Å². The number of urea groups is 1. The van der Waals surface area contributed by atoms with Gasteiger partial charge in [0.25, 0.3) is 5.56 Å². The summed E-state index contributed by atoms with van der Waals surface area (Å²) in [6.45, 7) is 3.55. The number of halogens is 2. The molecule has 3 N–H and O–H groups in total. The van der Waals surface area contributed by atoms with E-state index in [1.165, 1.54) is 36.5 Å². The fraction of sp³-hybridized carbons (Fsp3) is 0.457. The van der Waals surface area contributed by atoms with Crippen molar-refractivity contribution in [2.45, 2.75) is 76.4 Å². The first-order valence-electron chi connectivity index (χ1n) is 22.6. The molecule has 3 saturated heterocycles. The quantitative estimate of drug-likeness (QED) is 0.158. The molecule has 4 fully saturated rings. The number of rotatable bonds is 11. The highest BCUT2D eigenvalue weighted by Crippen LogP contribution is 2.50. The van der Waals surface area contributed by atoms with Gasteiger partial charge in [0.15, 0.2) is 17.4 Å². The van der Waals surface area contributed by atoms with Crippen molar-refractivity contribution in [3.05, 3.63) is 76.3 Å². The maximum atomic E-state index is 15.7. The molecule has 3 aromatic carbocycles. The number of aromatic nitrogens is 4. The summed E-state index contributed by atoms with van der Waals surface area (Å²) in [5.74, 6) is -2.15. The molecule has 0 radical (unpaired) electrons. The van der Waals surface area contributed by atoms with E-state index in [4.69, 9.17) is 4.74 Å². The summed E-state index contributed by atoms with van der Waals surface area (Å²) in [7, 11) is -0.991. The Hall–Kier alpha value is -6.70. The second-order valence-corrected chi connectivity index (χ2v) is 20.1. The molecule has 3 aliphatic heterocycles. The van der Waals surface area contributed by atoms with Crippen LogP contribution in [0.4, 0.5) is 30.8 Å². The van der Waals surface area contributed by atoms with E-state index in [-0.39, 0.29) is 95.8 Å². The van der Waals surface area contributed by atoms with Crippen LogP contribution < -0.4 is 30.1 Å². The molecule has 4 aliphatic rings. The molecule has 5 aromatic rings. The van der Waals surface area contributed by atoms with Crippen molar-refractivity contribution in [2.75, 3.05) is 60.8 Å². The van der Waals surface area contributed by atoms with Crippen molar-refractivity contribution in [1.29, 1.82) is 5.26 Å². The smallest absolute Gasteiger partial charge is 0.329 e. The van der Waals surface area contributed by atoms with Crippen LogP contribution in [0.15, 0.2) is 53.6 Å². The van der Waals surface area contributed by atoms with Gasteiger partial charge < -0.3 is 19.6 Å². The number of nitriles is 1. The summed E-state index contributed by atoms with van der Waals surface area (Å²) >= 11 is 0. The number of ether oxygens (including phenoxy) is 1. The molecule has 9 rings (SSSR count). The van der Waals surface area contributed by atoms with Crippen LogP contribution in [0.1, 0.15) is 76.3 Å². The molecule has 1 spiro atoms. The largest absolute Gasteiger partial charge is 0.453 e. The molecule has 2 aromatic heterocycles. The third kappa shape index (κ3) is 8.69. The van der Waals surface area contributed by atoms with Crippen LogP contribution in [0.25, 0.3) is 21.8 Å². The first-order chi connectivity index (χ1) is 32.4. The summed E-state index contributed by atoms with van der Waals surface area (Å²) in [5.41, 5.74) is -0.936. The Morgan fingerprint density at radius 3 is 2.47 bits per heavy atom. The number of hydrogen-bond donors (Lipinski definition) is 3. The summed E-state index contributed by atoms with van der Waals surface area (Å²) in [4.78, 5) is 61.4. The number of hydrogen-bond acceptors (Lipinski definition) is 12. The van der Waals surface area contributed by atoms with Gasteiger partial charge >= 0.3 is 16.2 Å². The lowest BCUT2D eigenvalue weighted by Crippen LogP contribution is -2.49. The van der Waals surface area contributed by atoms with Gasteiger partial charge in [-0.2, -0.15) is 23.1 Å². The van der Waals surface area contributed by atoms with Crippen molar-refractivity contribution in [3.8, 4) is 17.6 Å². The molecule has 358 valence electrons. The Bertz CT molecular complexity index is 3080. The first-order valence-corrected chi connectivity index (χ1v) is 24.0. The van der Waals surface area contributed by atoms with Crippen LogP contribution in [0.5, 0.6) is 11.5 Å². The molecule has 1 unspecified atom stereocenters.